The summed E-state index contributed by atoms with van der Waals surface area (Å²) in [6.45, 7) is 0.614. The van der Waals surface area contributed by atoms with Gasteiger partial charge in [0.2, 0.25) is 0 Å². The molecule has 2 rings (SSSR count). The first-order chi connectivity index (χ1) is 10.4. The molecule has 124 valence electrons. The Balaban J connectivity index is 1.81. The number of ether oxygens (including phenoxy) is 1. The molecule has 1 saturated carbocycles. The smallest absolute Gasteiger partial charge is 0.391 e. The fraction of sp³-hybridized carbons (Fsp3) is 0.625. The van der Waals surface area contributed by atoms with E-state index in [1.807, 2.05) is 0 Å². The Kier molecular flexibility index (Phi) is 5.56. The predicted molar refractivity (Wildman–Crippen MR) is 78.2 cm³/mol. The van der Waals surface area contributed by atoms with Crippen molar-refractivity contribution in [3.63, 3.8) is 0 Å². The summed E-state index contributed by atoms with van der Waals surface area (Å²) in [5.74, 6) is -0.681. The van der Waals surface area contributed by atoms with E-state index in [-0.39, 0.29) is 24.6 Å². The van der Waals surface area contributed by atoms with E-state index in [9.17, 15) is 18.3 Å². The lowest BCUT2D eigenvalue weighted by Gasteiger charge is -2.31. The van der Waals surface area contributed by atoms with Gasteiger partial charge in [0.15, 0.2) is 11.5 Å². The topological polar surface area (TPSA) is 41.5 Å². The highest BCUT2D eigenvalue weighted by atomic mass is 19.4. The Morgan fingerprint density at radius 2 is 2.09 bits per heavy atom. The SMILES string of the molecule is COc1cc(CCN[C@@H]2CCC[C@@H](C(F)(F)F)C2)ccc1O. The highest BCUT2D eigenvalue weighted by Crippen LogP contribution is 2.37. The van der Waals surface area contributed by atoms with Gasteiger partial charge in [-0.15, -0.1) is 0 Å². The van der Waals surface area contributed by atoms with Crippen LogP contribution in [0.4, 0.5) is 13.2 Å². The number of phenols is 1. The fourth-order valence-electron chi connectivity index (χ4n) is 2.97. The van der Waals surface area contributed by atoms with E-state index in [1.54, 1.807) is 18.2 Å². The third kappa shape index (κ3) is 4.53. The largest absolute Gasteiger partial charge is 0.504 e. The Morgan fingerprint density at radius 1 is 1.32 bits per heavy atom. The Morgan fingerprint density at radius 3 is 2.77 bits per heavy atom. The first-order valence-corrected chi connectivity index (χ1v) is 7.56. The quantitative estimate of drug-likeness (QED) is 0.871. The van der Waals surface area contributed by atoms with Crippen molar-refractivity contribution in [2.45, 2.75) is 44.3 Å². The van der Waals surface area contributed by atoms with Crippen LogP contribution >= 0.6 is 0 Å². The summed E-state index contributed by atoms with van der Waals surface area (Å²) in [4.78, 5) is 0. The molecule has 0 spiro atoms. The first kappa shape index (κ1) is 16.9. The van der Waals surface area contributed by atoms with Crippen molar-refractivity contribution in [2.75, 3.05) is 13.7 Å². The van der Waals surface area contributed by atoms with Crippen LogP contribution in [-0.4, -0.2) is 31.0 Å². The van der Waals surface area contributed by atoms with Crippen LogP contribution in [0.1, 0.15) is 31.2 Å². The van der Waals surface area contributed by atoms with Crippen molar-refractivity contribution in [3.05, 3.63) is 23.8 Å². The average Bonchev–Trinajstić information content (AvgIpc) is 2.48. The van der Waals surface area contributed by atoms with Gasteiger partial charge in [0.1, 0.15) is 0 Å². The number of alkyl halides is 3. The normalized spacial score (nSPS) is 22.5. The number of phenolic OH excluding ortho intramolecular Hbond substituents is 1. The van der Waals surface area contributed by atoms with Gasteiger partial charge in [-0.1, -0.05) is 12.5 Å². The van der Waals surface area contributed by atoms with Gasteiger partial charge < -0.3 is 15.2 Å². The van der Waals surface area contributed by atoms with E-state index < -0.39 is 12.1 Å². The van der Waals surface area contributed by atoms with Crippen LogP contribution in [0.25, 0.3) is 0 Å². The lowest BCUT2D eigenvalue weighted by Crippen LogP contribution is -2.39. The molecule has 0 radical (unpaired) electrons. The van der Waals surface area contributed by atoms with Crippen LogP contribution in [0.15, 0.2) is 18.2 Å². The molecule has 0 saturated heterocycles. The zero-order chi connectivity index (χ0) is 16.2. The molecule has 1 aliphatic rings. The van der Waals surface area contributed by atoms with Crippen LogP contribution in [0.2, 0.25) is 0 Å². The number of aromatic hydroxyl groups is 1. The summed E-state index contributed by atoms with van der Waals surface area (Å²) in [5, 5.41) is 12.7. The van der Waals surface area contributed by atoms with E-state index >= 15 is 0 Å². The van der Waals surface area contributed by atoms with Gasteiger partial charge in [0.05, 0.1) is 13.0 Å². The lowest BCUT2D eigenvalue weighted by atomic mass is 9.85. The number of methoxy groups -OCH3 is 1. The second kappa shape index (κ2) is 7.22. The number of hydrogen-bond donors (Lipinski definition) is 2. The van der Waals surface area contributed by atoms with E-state index in [0.717, 1.165) is 12.0 Å². The molecule has 0 heterocycles. The van der Waals surface area contributed by atoms with Crippen LogP contribution < -0.4 is 10.1 Å². The molecule has 3 nitrogen and oxygen atoms in total. The number of benzene rings is 1. The number of nitrogens with one attached hydrogen (secondary N) is 1. The molecule has 0 aromatic heterocycles. The third-order valence-electron chi connectivity index (χ3n) is 4.23. The molecule has 6 heteroatoms. The zero-order valence-electron chi connectivity index (χ0n) is 12.6. The Labute approximate surface area is 128 Å². The second-order valence-corrected chi connectivity index (χ2v) is 5.81. The monoisotopic (exact) mass is 317 g/mol. The molecule has 2 atom stereocenters. The maximum absolute atomic E-state index is 12.8. The first-order valence-electron chi connectivity index (χ1n) is 7.56. The standard InChI is InChI=1S/C16H22F3NO2/c1-22-15-9-11(5-6-14(15)21)7-8-20-13-4-2-3-12(10-13)16(17,18)19/h5-6,9,12-13,20-21H,2-4,7-8,10H2,1H3/t12-,13-/m1/s1. The molecule has 1 aliphatic carbocycles. The van der Waals surface area contributed by atoms with Gasteiger partial charge in [0, 0.05) is 6.04 Å². The molecule has 0 amide bonds. The van der Waals surface area contributed by atoms with Crippen LogP contribution in [-0.2, 0) is 6.42 Å². The van der Waals surface area contributed by atoms with Crippen LogP contribution in [0.3, 0.4) is 0 Å². The minimum Gasteiger partial charge on any atom is -0.504 e. The van der Waals surface area contributed by atoms with Gasteiger partial charge in [-0.05, 0) is 49.9 Å². The van der Waals surface area contributed by atoms with Gasteiger partial charge >= 0.3 is 6.18 Å². The molecule has 0 aliphatic heterocycles. The lowest BCUT2D eigenvalue weighted by molar-refractivity contribution is -0.183. The van der Waals surface area contributed by atoms with E-state index in [1.165, 1.54) is 7.11 Å². The summed E-state index contributed by atoms with van der Waals surface area (Å²) in [6, 6.07) is 5.03. The minimum atomic E-state index is -4.08. The van der Waals surface area contributed by atoms with Crippen molar-refractivity contribution in [2.24, 2.45) is 5.92 Å². The third-order valence-corrected chi connectivity index (χ3v) is 4.23. The molecule has 2 N–H and O–H groups in total. The van der Waals surface area contributed by atoms with Gasteiger partial charge in [-0.25, -0.2) is 0 Å². The molecule has 1 aromatic carbocycles. The van der Waals surface area contributed by atoms with Gasteiger partial charge in [0.25, 0.3) is 0 Å². The summed E-state index contributed by atoms with van der Waals surface area (Å²) in [5.41, 5.74) is 0.977. The molecule has 0 unspecified atom stereocenters. The molecule has 1 fully saturated rings. The van der Waals surface area contributed by atoms with E-state index in [0.29, 0.717) is 25.1 Å². The molecule has 22 heavy (non-hydrogen) atoms. The molecule has 0 bridgehead atoms. The van der Waals surface area contributed by atoms with Crippen molar-refractivity contribution < 1.29 is 23.0 Å². The maximum Gasteiger partial charge on any atom is 0.391 e. The Bertz CT molecular complexity index is 491. The van der Waals surface area contributed by atoms with Crippen LogP contribution in [0.5, 0.6) is 11.5 Å². The molecular formula is C16H22F3NO2. The summed E-state index contributed by atoms with van der Waals surface area (Å²) in [7, 11) is 1.48. The number of hydrogen-bond acceptors (Lipinski definition) is 3. The summed E-state index contributed by atoms with van der Waals surface area (Å²) < 4.78 is 43.3. The van der Waals surface area contributed by atoms with E-state index in [2.05, 4.69) is 5.32 Å². The van der Waals surface area contributed by atoms with Gasteiger partial charge in [-0.3, -0.25) is 0 Å². The molecule has 1 aromatic rings. The predicted octanol–water partition coefficient (Wildman–Crippen LogP) is 3.65. The number of rotatable bonds is 5. The second-order valence-electron chi connectivity index (χ2n) is 5.81. The summed E-state index contributed by atoms with van der Waals surface area (Å²) in [6.07, 6.45) is -1.56. The maximum atomic E-state index is 12.8. The minimum absolute atomic E-state index is 0.0700. The zero-order valence-corrected chi connectivity index (χ0v) is 12.6. The fourth-order valence-corrected chi connectivity index (χ4v) is 2.97. The van der Waals surface area contributed by atoms with Gasteiger partial charge in [-0.2, -0.15) is 13.2 Å². The highest BCUT2D eigenvalue weighted by molar-refractivity contribution is 5.41. The van der Waals surface area contributed by atoms with Crippen LogP contribution in [0, 0.1) is 5.92 Å². The van der Waals surface area contributed by atoms with Crippen molar-refractivity contribution in [1.82, 2.24) is 5.32 Å². The summed E-state index contributed by atoms with van der Waals surface area (Å²) >= 11 is 0. The highest BCUT2D eigenvalue weighted by Gasteiger charge is 2.41. The van der Waals surface area contributed by atoms with Crippen molar-refractivity contribution in [1.29, 1.82) is 0 Å². The average molecular weight is 317 g/mol. The van der Waals surface area contributed by atoms with Crippen molar-refractivity contribution >= 4 is 0 Å². The van der Waals surface area contributed by atoms with Crippen molar-refractivity contribution in [3.8, 4) is 11.5 Å². The molecular weight excluding hydrogens is 295 g/mol. The number of halogens is 3. The Hall–Kier alpha value is -1.43. The van der Waals surface area contributed by atoms with E-state index in [4.69, 9.17) is 4.74 Å².